The molecule has 19 heavy (non-hydrogen) atoms. The summed E-state index contributed by atoms with van der Waals surface area (Å²) in [5, 5.41) is 3.65. The molecule has 3 rings (SSSR count). The topological polar surface area (TPSA) is 30.5 Å². The van der Waals surface area contributed by atoms with E-state index in [4.69, 9.17) is 9.47 Å². The van der Waals surface area contributed by atoms with E-state index < -0.39 is 0 Å². The lowest BCUT2D eigenvalue weighted by Crippen LogP contribution is -2.44. The third kappa shape index (κ3) is 2.67. The van der Waals surface area contributed by atoms with Crippen LogP contribution in [-0.2, 0) is 4.74 Å². The van der Waals surface area contributed by atoms with Crippen molar-refractivity contribution in [3.8, 4) is 5.75 Å². The summed E-state index contributed by atoms with van der Waals surface area (Å²) in [6.45, 7) is 4.76. The number of rotatable bonds is 3. The van der Waals surface area contributed by atoms with Crippen molar-refractivity contribution in [3.63, 3.8) is 0 Å². The minimum atomic E-state index is -0.126. The molecule has 0 saturated carbocycles. The van der Waals surface area contributed by atoms with Crippen LogP contribution >= 0.6 is 15.9 Å². The average molecular weight is 326 g/mol. The van der Waals surface area contributed by atoms with Gasteiger partial charge in [0.2, 0.25) is 0 Å². The highest BCUT2D eigenvalue weighted by Crippen LogP contribution is 2.44. The van der Waals surface area contributed by atoms with Crippen LogP contribution in [0.2, 0.25) is 0 Å². The van der Waals surface area contributed by atoms with Crippen LogP contribution in [0.5, 0.6) is 5.75 Å². The fourth-order valence-electron chi connectivity index (χ4n) is 2.97. The van der Waals surface area contributed by atoms with Gasteiger partial charge in [-0.05, 0) is 25.1 Å². The second-order valence-corrected chi connectivity index (χ2v) is 6.40. The molecule has 104 valence electrons. The Labute approximate surface area is 122 Å². The normalized spacial score (nSPS) is 29.3. The third-order valence-corrected chi connectivity index (χ3v) is 4.45. The Morgan fingerprint density at radius 2 is 2.37 bits per heavy atom. The highest BCUT2D eigenvalue weighted by atomic mass is 79.9. The van der Waals surface area contributed by atoms with E-state index in [1.54, 1.807) is 0 Å². The third-order valence-electron chi connectivity index (χ3n) is 3.96. The van der Waals surface area contributed by atoms with Crippen molar-refractivity contribution in [1.29, 1.82) is 0 Å². The van der Waals surface area contributed by atoms with Gasteiger partial charge in [0.15, 0.2) is 0 Å². The van der Waals surface area contributed by atoms with Crippen molar-refractivity contribution < 1.29 is 9.47 Å². The Morgan fingerprint density at radius 3 is 3.11 bits per heavy atom. The smallest absolute Gasteiger partial charge is 0.136 e. The van der Waals surface area contributed by atoms with Gasteiger partial charge in [0.1, 0.15) is 11.4 Å². The molecule has 2 aliphatic rings. The number of ether oxygens (including phenoxy) is 2. The number of fused-ring (bicyclic) bond motifs is 1. The van der Waals surface area contributed by atoms with Crippen molar-refractivity contribution in [2.24, 2.45) is 0 Å². The van der Waals surface area contributed by atoms with Crippen LogP contribution in [0.15, 0.2) is 22.7 Å². The Hall–Kier alpha value is -0.580. The van der Waals surface area contributed by atoms with E-state index >= 15 is 0 Å². The second kappa shape index (κ2) is 5.43. The van der Waals surface area contributed by atoms with Gasteiger partial charge in [-0.25, -0.2) is 0 Å². The van der Waals surface area contributed by atoms with Gasteiger partial charge in [-0.1, -0.05) is 28.9 Å². The molecular formula is C15H20BrNO2. The molecule has 4 heteroatoms. The molecule has 1 aromatic carbocycles. The van der Waals surface area contributed by atoms with E-state index in [1.807, 2.05) is 0 Å². The zero-order valence-corrected chi connectivity index (χ0v) is 12.8. The van der Waals surface area contributed by atoms with E-state index in [0.29, 0.717) is 12.6 Å². The van der Waals surface area contributed by atoms with Gasteiger partial charge in [-0.15, -0.1) is 0 Å². The molecule has 0 radical (unpaired) electrons. The molecule has 0 aliphatic carbocycles. The van der Waals surface area contributed by atoms with Crippen LogP contribution in [0.1, 0.15) is 37.8 Å². The van der Waals surface area contributed by atoms with Crippen LogP contribution in [0, 0.1) is 0 Å². The van der Waals surface area contributed by atoms with Crippen LogP contribution in [0.3, 0.4) is 0 Å². The quantitative estimate of drug-likeness (QED) is 0.923. The first kappa shape index (κ1) is 13.4. The Bertz CT molecular complexity index is 457. The van der Waals surface area contributed by atoms with Crippen LogP contribution in [-0.4, -0.2) is 25.4 Å². The predicted molar refractivity (Wildman–Crippen MR) is 78.6 cm³/mol. The first-order chi connectivity index (χ1) is 9.22. The summed E-state index contributed by atoms with van der Waals surface area (Å²) in [7, 11) is 0. The van der Waals surface area contributed by atoms with E-state index in [1.165, 1.54) is 5.56 Å². The summed E-state index contributed by atoms with van der Waals surface area (Å²) in [6.07, 6.45) is 3.14. The second-order valence-electron chi connectivity index (χ2n) is 5.48. The molecule has 1 saturated heterocycles. The number of halogens is 1. The monoisotopic (exact) mass is 325 g/mol. The van der Waals surface area contributed by atoms with E-state index in [9.17, 15) is 0 Å². The summed E-state index contributed by atoms with van der Waals surface area (Å²) >= 11 is 3.53. The molecular weight excluding hydrogens is 306 g/mol. The molecule has 2 heterocycles. The van der Waals surface area contributed by atoms with Crippen LogP contribution < -0.4 is 10.1 Å². The molecule has 0 aromatic heterocycles. The molecule has 0 bridgehead atoms. The lowest BCUT2D eigenvalue weighted by molar-refractivity contribution is 0.0188. The number of hydrogen-bond acceptors (Lipinski definition) is 3. The summed E-state index contributed by atoms with van der Waals surface area (Å²) in [5.74, 6) is 1.000. The van der Waals surface area contributed by atoms with Gasteiger partial charge in [-0.2, -0.15) is 0 Å². The van der Waals surface area contributed by atoms with Gasteiger partial charge in [0, 0.05) is 28.9 Å². The minimum absolute atomic E-state index is 0.126. The highest BCUT2D eigenvalue weighted by molar-refractivity contribution is 9.10. The Balaban J connectivity index is 1.91. The molecule has 1 fully saturated rings. The van der Waals surface area contributed by atoms with Crippen molar-refractivity contribution >= 4 is 15.9 Å². The highest BCUT2D eigenvalue weighted by Gasteiger charge is 2.43. The lowest BCUT2D eigenvalue weighted by Gasteiger charge is -2.39. The first-order valence-electron chi connectivity index (χ1n) is 7.02. The SMILES string of the molecule is CCCNC1CC2(CCOC2)Oc2cc(Br)ccc21. The van der Waals surface area contributed by atoms with Crippen LogP contribution in [0.25, 0.3) is 0 Å². The van der Waals surface area contributed by atoms with Gasteiger partial charge >= 0.3 is 0 Å². The van der Waals surface area contributed by atoms with Crippen molar-refractivity contribution in [3.05, 3.63) is 28.2 Å². The lowest BCUT2D eigenvalue weighted by atomic mass is 9.86. The molecule has 0 amide bonds. The summed E-state index contributed by atoms with van der Waals surface area (Å²) < 4.78 is 12.9. The maximum Gasteiger partial charge on any atom is 0.136 e. The maximum atomic E-state index is 6.28. The number of hydrogen-bond donors (Lipinski definition) is 1. The molecule has 1 aromatic rings. The summed E-state index contributed by atoms with van der Waals surface area (Å²) in [4.78, 5) is 0. The van der Waals surface area contributed by atoms with Crippen molar-refractivity contribution in [2.45, 2.75) is 37.8 Å². The van der Waals surface area contributed by atoms with Crippen LogP contribution in [0.4, 0.5) is 0 Å². The van der Waals surface area contributed by atoms with Gasteiger partial charge in [0.05, 0.1) is 13.2 Å². The first-order valence-corrected chi connectivity index (χ1v) is 7.81. The fraction of sp³-hybridized carbons (Fsp3) is 0.600. The zero-order chi connectivity index (χ0) is 13.3. The largest absolute Gasteiger partial charge is 0.484 e. The van der Waals surface area contributed by atoms with Gasteiger partial charge < -0.3 is 14.8 Å². The van der Waals surface area contributed by atoms with Gasteiger partial charge in [-0.3, -0.25) is 0 Å². The molecule has 3 nitrogen and oxygen atoms in total. The predicted octanol–water partition coefficient (Wildman–Crippen LogP) is 3.43. The Kier molecular flexibility index (Phi) is 3.83. The van der Waals surface area contributed by atoms with Crippen molar-refractivity contribution in [1.82, 2.24) is 5.32 Å². The van der Waals surface area contributed by atoms with E-state index in [0.717, 1.165) is 42.6 Å². The maximum absolute atomic E-state index is 6.28. The van der Waals surface area contributed by atoms with Gasteiger partial charge in [0.25, 0.3) is 0 Å². The van der Waals surface area contributed by atoms with E-state index in [2.05, 4.69) is 46.4 Å². The standard InChI is InChI=1S/C15H20BrNO2/c1-2-6-17-13-9-15(5-7-18-10-15)19-14-8-11(16)3-4-12(13)14/h3-4,8,13,17H,2,5-7,9-10H2,1H3. The summed E-state index contributed by atoms with van der Waals surface area (Å²) in [6, 6.07) is 6.70. The minimum Gasteiger partial charge on any atom is -0.484 e. The molecule has 2 aliphatic heterocycles. The average Bonchev–Trinajstić information content (AvgIpc) is 2.83. The van der Waals surface area contributed by atoms with Crippen molar-refractivity contribution in [2.75, 3.05) is 19.8 Å². The molecule has 1 spiro atoms. The molecule has 2 unspecified atom stereocenters. The Morgan fingerprint density at radius 1 is 1.47 bits per heavy atom. The number of nitrogens with one attached hydrogen (secondary N) is 1. The van der Waals surface area contributed by atoms with E-state index in [-0.39, 0.29) is 5.60 Å². The molecule has 2 atom stereocenters. The zero-order valence-electron chi connectivity index (χ0n) is 11.2. The fourth-order valence-corrected chi connectivity index (χ4v) is 3.31. The number of benzene rings is 1. The summed E-state index contributed by atoms with van der Waals surface area (Å²) in [5.41, 5.74) is 1.15. The molecule has 1 N–H and O–H groups in total.